The summed E-state index contributed by atoms with van der Waals surface area (Å²) in [5, 5.41) is 7.77. The first-order valence-electron chi connectivity index (χ1n) is 19.7. The lowest BCUT2D eigenvalue weighted by Crippen LogP contribution is -2.10. The van der Waals surface area contributed by atoms with Crippen LogP contribution in [0.4, 0.5) is 17.1 Å². The SMILES string of the molecule is c1ccc(-n2c3ccccc3c3ccc(N(c4ccc(-c5ccc6sc7ccccc7c6c5)cc4)c4ccc(-c5cccc6sc7ccccc7c56)cc4)cc32)cc1. The fourth-order valence-electron chi connectivity index (χ4n) is 8.91. The Morgan fingerprint density at radius 1 is 0.328 bits per heavy atom. The van der Waals surface area contributed by atoms with Crippen LogP contribution in [0, 0.1) is 0 Å². The van der Waals surface area contributed by atoms with Crippen molar-refractivity contribution in [3.63, 3.8) is 0 Å². The van der Waals surface area contributed by atoms with Crippen LogP contribution in [0.15, 0.2) is 206 Å². The first-order valence-corrected chi connectivity index (χ1v) is 21.3. The summed E-state index contributed by atoms with van der Waals surface area (Å²) in [5.41, 5.74) is 11.7. The summed E-state index contributed by atoms with van der Waals surface area (Å²) in [7, 11) is 0. The maximum Gasteiger partial charge on any atom is 0.0561 e. The molecule has 3 aromatic heterocycles. The van der Waals surface area contributed by atoms with Crippen molar-refractivity contribution < 1.29 is 0 Å². The molecule has 272 valence electrons. The Morgan fingerprint density at radius 3 is 1.69 bits per heavy atom. The summed E-state index contributed by atoms with van der Waals surface area (Å²) in [6.07, 6.45) is 0. The van der Waals surface area contributed by atoms with E-state index in [9.17, 15) is 0 Å². The minimum absolute atomic E-state index is 1.10. The maximum atomic E-state index is 2.40. The quantitative estimate of drug-likeness (QED) is 0.163. The van der Waals surface area contributed by atoms with Crippen LogP contribution in [0.5, 0.6) is 0 Å². The molecular formula is C54H34N2S2. The van der Waals surface area contributed by atoms with Crippen LogP contribution in [0.3, 0.4) is 0 Å². The van der Waals surface area contributed by atoms with E-state index in [-0.39, 0.29) is 0 Å². The highest BCUT2D eigenvalue weighted by Gasteiger charge is 2.19. The highest BCUT2D eigenvalue weighted by atomic mass is 32.1. The second-order valence-electron chi connectivity index (χ2n) is 14.9. The van der Waals surface area contributed by atoms with Crippen LogP contribution >= 0.6 is 22.7 Å². The first kappa shape index (κ1) is 33.2. The van der Waals surface area contributed by atoms with Crippen LogP contribution in [0.2, 0.25) is 0 Å². The average Bonchev–Trinajstić information content (AvgIpc) is 3.96. The van der Waals surface area contributed by atoms with E-state index in [1.54, 1.807) is 0 Å². The van der Waals surface area contributed by atoms with Crippen LogP contribution in [-0.4, -0.2) is 4.57 Å². The molecule has 0 N–H and O–H groups in total. The summed E-state index contributed by atoms with van der Waals surface area (Å²) in [6, 6.07) is 75.7. The third kappa shape index (κ3) is 5.30. The van der Waals surface area contributed by atoms with E-state index in [1.165, 1.54) is 84.4 Å². The zero-order valence-corrected chi connectivity index (χ0v) is 33.0. The molecule has 0 radical (unpaired) electrons. The van der Waals surface area contributed by atoms with E-state index in [0.29, 0.717) is 0 Å². The second-order valence-corrected chi connectivity index (χ2v) is 17.1. The number of anilines is 3. The number of hydrogen-bond acceptors (Lipinski definition) is 3. The lowest BCUT2D eigenvalue weighted by atomic mass is 9.99. The molecule has 0 unspecified atom stereocenters. The van der Waals surface area contributed by atoms with Crippen LogP contribution in [-0.2, 0) is 0 Å². The molecule has 12 rings (SSSR count). The summed E-state index contributed by atoms with van der Waals surface area (Å²) in [4.78, 5) is 2.40. The molecule has 0 atom stereocenters. The van der Waals surface area contributed by atoms with E-state index < -0.39 is 0 Å². The van der Waals surface area contributed by atoms with E-state index in [1.807, 2.05) is 22.7 Å². The number of benzene rings is 9. The van der Waals surface area contributed by atoms with Crippen molar-refractivity contribution in [3.05, 3.63) is 206 Å². The number of rotatable bonds is 6. The normalized spacial score (nSPS) is 11.8. The highest BCUT2D eigenvalue weighted by Crippen LogP contribution is 2.44. The molecule has 0 amide bonds. The lowest BCUT2D eigenvalue weighted by molar-refractivity contribution is 1.18. The maximum absolute atomic E-state index is 2.40. The number of fused-ring (bicyclic) bond motifs is 9. The summed E-state index contributed by atoms with van der Waals surface area (Å²) in [5.74, 6) is 0. The minimum atomic E-state index is 1.10. The van der Waals surface area contributed by atoms with Gasteiger partial charge in [-0.15, -0.1) is 22.7 Å². The topological polar surface area (TPSA) is 8.17 Å². The van der Waals surface area contributed by atoms with Gasteiger partial charge in [-0.3, -0.25) is 0 Å². The largest absolute Gasteiger partial charge is 0.310 e. The van der Waals surface area contributed by atoms with Gasteiger partial charge in [0.05, 0.1) is 11.0 Å². The van der Waals surface area contributed by atoms with Crippen molar-refractivity contribution in [1.29, 1.82) is 0 Å². The molecule has 0 spiro atoms. The van der Waals surface area contributed by atoms with E-state index in [2.05, 4.69) is 216 Å². The Balaban J connectivity index is 1.01. The number of thiophene rings is 2. The molecule has 0 aliphatic heterocycles. The Kier molecular flexibility index (Phi) is 7.62. The number of hydrogen-bond donors (Lipinski definition) is 0. The van der Waals surface area contributed by atoms with Gasteiger partial charge in [-0.05, 0) is 107 Å². The van der Waals surface area contributed by atoms with Gasteiger partial charge in [0.1, 0.15) is 0 Å². The van der Waals surface area contributed by atoms with Crippen LogP contribution in [0.25, 0.3) is 90.1 Å². The van der Waals surface area contributed by atoms with Gasteiger partial charge >= 0.3 is 0 Å². The molecule has 0 saturated carbocycles. The number of aromatic nitrogens is 1. The van der Waals surface area contributed by atoms with Gasteiger partial charge in [0, 0.05) is 73.9 Å². The molecule has 4 heteroatoms. The molecule has 0 fully saturated rings. The third-order valence-electron chi connectivity index (χ3n) is 11.6. The molecule has 58 heavy (non-hydrogen) atoms. The molecule has 12 aromatic rings. The van der Waals surface area contributed by atoms with Crippen molar-refractivity contribution in [2.24, 2.45) is 0 Å². The van der Waals surface area contributed by atoms with E-state index in [4.69, 9.17) is 0 Å². The van der Waals surface area contributed by atoms with Gasteiger partial charge in [-0.2, -0.15) is 0 Å². The molecule has 0 aliphatic rings. The predicted molar refractivity (Wildman–Crippen MR) is 252 cm³/mol. The van der Waals surface area contributed by atoms with Gasteiger partial charge in [-0.25, -0.2) is 0 Å². The molecule has 3 heterocycles. The Morgan fingerprint density at radius 2 is 0.897 bits per heavy atom. The van der Waals surface area contributed by atoms with Crippen molar-refractivity contribution >= 4 is 102 Å². The Labute approximate surface area is 343 Å². The summed E-state index contributed by atoms with van der Waals surface area (Å²) < 4.78 is 7.69. The van der Waals surface area contributed by atoms with Crippen molar-refractivity contribution in [2.75, 3.05) is 4.90 Å². The predicted octanol–water partition coefficient (Wildman–Crippen LogP) is 16.3. The van der Waals surface area contributed by atoms with Crippen molar-refractivity contribution in [2.45, 2.75) is 0 Å². The highest BCUT2D eigenvalue weighted by molar-refractivity contribution is 7.26. The lowest BCUT2D eigenvalue weighted by Gasteiger charge is -2.26. The second kappa shape index (κ2) is 13.3. The van der Waals surface area contributed by atoms with Crippen molar-refractivity contribution in [3.8, 4) is 27.9 Å². The molecule has 2 nitrogen and oxygen atoms in total. The van der Waals surface area contributed by atoms with E-state index in [0.717, 1.165) is 22.7 Å². The molecule has 9 aromatic carbocycles. The molecule has 0 saturated heterocycles. The molecule has 0 bridgehead atoms. The molecular weight excluding hydrogens is 741 g/mol. The standard InChI is InChI=1S/C54H34N2S2/c1-2-11-38(12-3-1)56-48-17-7-4-13-43(48)44-31-30-41(34-49(44)56)55(39-26-21-35(22-27-39)37-25-32-52-47(33-37)45-14-5-8-18-50(45)57-52)40-28-23-36(24-29-40)42-16-10-20-53-54(42)46-15-6-9-19-51(46)58-53/h1-34H. The fourth-order valence-corrected chi connectivity index (χ4v) is 11.1. The first-order chi connectivity index (χ1) is 28.7. The summed E-state index contributed by atoms with van der Waals surface area (Å²) >= 11 is 3.73. The third-order valence-corrected chi connectivity index (χ3v) is 13.9. The number of para-hydroxylation sites is 2. The van der Waals surface area contributed by atoms with Gasteiger partial charge in [-0.1, -0.05) is 121 Å². The fraction of sp³-hybridized carbons (Fsp3) is 0. The smallest absolute Gasteiger partial charge is 0.0561 e. The zero-order valence-electron chi connectivity index (χ0n) is 31.3. The van der Waals surface area contributed by atoms with Gasteiger partial charge in [0.2, 0.25) is 0 Å². The monoisotopic (exact) mass is 774 g/mol. The van der Waals surface area contributed by atoms with Gasteiger partial charge in [0.25, 0.3) is 0 Å². The zero-order chi connectivity index (χ0) is 38.2. The molecule has 0 aliphatic carbocycles. The van der Waals surface area contributed by atoms with Crippen LogP contribution in [0.1, 0.15) is 0 Å². The summed E-state index contributed by atoms with van der Waals surface area (Å²) in [6.45, 7) is 0. The minimum Gasteiger partial charge on any atom is -0.310 e. The number of nitrogens with zero attached hydrogens (tertiary/aromatic N) is 2. The van der Waals surface area contributed by atoms with Crippen molar-refractivity contribution in [1.82, 2.24) is 4.57 Å². The van der Waals surface area contributed by atoms with Gasteiger partial charge in [0.15, 0.2) is 0 Å². The average molecular weight is 775 g/mol. The van der Waals surface area contributed by atoms with Crippen LogP contribution < -0.4 is 4.90 Å². The Bertz CT molecular complexity index is 3500. The van der Waals surface area contributed by atoms with E-state index >= 15 is 0 Å². The Hall–Kier alpha value is -6.98. The van der Waals surface area contributed by atoms with Gasteiger partial charge < -0.3 is 9.47 Å².